The van der Waals surface area contributed by atoms with Crippen LogP contribution in [0.3, 0.4) is 0 Å². The summed E-state index contributed by atoms with van der Waals surface area (Å²) in [6, 6.07) is 6.63. The molecule has 1 aliphatic rings. The topological polar surface area (TPSA) is 55.6 Å². The number of ether oxygens (including phenoxy) is 1. The SMILES string of the molecule is CCOC(=O)c1cc(N2[C@H](C)CCC[C@@H]2C)ccc1N. The molecule has 1 aliphatic heterocycles. The van der Waals surface area contributed by atoms with Gasteiger partial charge in [-0.3, -0.25) is 0 Å². The summed E-state index contributed by atoms with van der Waals surface area (Å²) < 4.78 is 5.07. The minimum atomic E-state index is -0.343. The van der Waals surface area contributed by atoms with Crippen molar-refractivity contribution < 1.29 is 9.53 Å². The van der Waals surface area contributed by atoms with Gasteiger partial charge in [-0.1, -0.05) is 0 Å². The third-order valence-corrected chi connectivity index (χ3v) is 4.02. The molecule has 1 heterocycles. The molecular formula is C16H24N2O2. The van der Waals surface area contributed by atoms with Gasteiger partial charge in [0.1, 0.15) is 0 Å². The van der Waals surface area contributed by atoms with Gasteiger partial charge in [-0.15, -0.1) is 0 Å². The van der Waals surface area contributed by atoms with Gasteiger partial charge in [0.15, 0.2) is 0 Å². The predicted molar refractivity (Wildman–Crippen MR) is 82.1 cm³/mol. The highest BCUT2D eigenvalue weighted by molar-refractivity contribution is 5.96. The third-order valence-electron chi connectivity index (χ3n) is 4.02. The summed E-state index contributed by atoms with van der Waals surface area (Å²) in [5.41, 5.74) is 7.90. The van der Waals surface area contributed by atoms with Crippen molar-refractivity contribution in [2.75, 3.05) is 17.2 Å². The van der Waals surface area contributed by atoms with Crippen molar-refractivity contribution in [2.24, 2.45) is 0 Å². The summed E-state index contributed by atoms with van der Waals surface area (Å²) >= 11 is 0. The van der Waals surface area contributed by atoms with E-state index in [1.54, 1.807) is 13.0 Å². The molecule has 1 aromatic carbocycles. The number of nitrogens with two attached hydrogens (primary N) is 1. The van der Waals surface area contributed by atoms with Crippen LogP contribution in [0.5, 0.6) is 0 Å². The van der Waals surface area contributed by atoms with Crippen molar-refractivity contribution in [3.05, 3.63) is 23.8 Å². The fourth-order valence-corrected chi connectivity index (χ4v) is 3.02. The Morgan fingerprint density at radius 2 is 2.00 bits per heavy atom. The summed E-state index contributed by atoms with van der Waals surface area (Å²) in [7, 11) is 0. The Morgan fingerprint density at radius 1 is 1.35 bits per heavy atom. The van der Waals surface area contributed by atoms with Crippen molar-refractivity contribution in [1.82, 2.24) is 0 Å². The van der Waals surface area contributed by atoms with Crippen LogP contribution in [-0.2, 0) is 4.74 Å². The first-order valence-corrected chi connectivity index (χ1v) is 7.39. The second-order valence-corrected chi connectivity index (χ2v) is 5.53. The Labute approximate surface area is 120 Å². The van der Waals surface area contributed by atoms with Gasteiger partial charge in [0.2, 0.25) is 0 Å². The highest BCUT2D eigenvalue weighted by Crippen LogP contribution is 2.31. The van der Waals surface area contributed by atoms with Gasteiger partial charge in [-0.2, -0.15) is 0 Å². The van der Waals surface area contributed by atoms with E-state index < -0.39 is 0 Å². The zero-order valence-corrected chi connectivity index (χ0v) is 12.6. The van der Waals surface area contributed by atoms with E-state index in [0.29, 0.717) is 29.9 Å². The van der Waals surface area contributed by atoms with Crippen LogP contribution < -0.4 is 10.6 Å². The van der Waals surface area contributed by atoms with Crippen molar-refractivity contribution in [2.45, 2.75) is 52.1 Å². The number of carbonyl (C=O) groups excluding carboxylic acids is 1. The molecule has 2 N–H and O–H groups in total. The molecule has 1 aromatic rings. The van der Waals surface area contributed by atoms with Crippen molar-refractivity contribution in [1.29, 1.82) is 0 Å². The van der Waals surface area contributed by atoms with Crippen LogP contribution in [0.4, 0.5) is 11.4 Å². The maximum atomic E-state index is 11.9. The van der Waals surface area contributed by atoms with Gasteiger partial charge >= 0.3 is 5.97 Å². The zero-order valence-electron chi connectivity index (χ0n) is 12.6. The quantitative estimate of drug-likeness (QED) is 0.680. The Hall–Kier alpha value is -1.71. The van der Waals surface area contributed by atoms with Gasteiger partial charge in [0, 0.05) is 23.5 Å². The van der Waals surface area contributed by atoms with Crippen LogP contribution in [0, 0.1) is 0 Å². The molecule has 4 heteroatoms. The maximum Gasteiger partial charge on any atom is 0.340 e. The molecule has 0 spiro atoms. The fraction of sp³-hybridized carbons (Fsp3) is 0.562. The average Bonchev–Trinajstić information content (AvgIpc) is 2.40. The Kier molecular flexibility index (Phi) is 4.53. The van der Waals surface area contributed by atoms with E-state index in [0.717, 1.165) is 5.69 Å². The number of nitrogen functional groups attached to an aromatic ring is 1. The maximum absolute atomic E-state index is 11.9. The molecule has 0 unspecified atom stereocenters. The molecule has 2 atom stereocenters. The molecule has 20 heavy (non-hydrogen) atoms. The number of nitrogens with zero attached hydrogens (tertiary/aromatic N) is 1. The molecular weight excluding hydrogens is 252 g/mol. The molecule has 0 saturated carbocycles. The minimum Gasteiger partial charge on any atom is -0.462 e. The van der Waals surface area contributed by atoms with Gasteiger partial charge in [0.05, 0.1) is 12.2 Å². The number of benzene rings is 1. The highest BCUT2D eigenvalue weighted by atomic mass is 16.5. The smallest absolute Gasteiger partial charge is 0.340 e. The van der Waals surface area contributed by atoms with Crippen LogP contribution in [0.15, 0.2) is 18.2 Å². The highest BCUT2D eigenvalue weighted by Gasteiger charge is 2.26. The normalized spacial score (nSPS) is 22.6. The monoisotopic (exact) mass is 276 g/mol. The van der Waals surface area contributed by atoms with Gasteiger partial charge < -0.3 is 15.4 Å². The average molecular weight is 276 g/mol. The lowest BCUT2D eigenvalue weighted by Gasteiger charge is -2.41. The number of hydrogen-bond donors (Lipinski definition) is 1. The van der Waals surface area contributed by atoms with Crippen LogP contribution in [0.2, 0.25) is 0 Å². The molecule has 110 valence electrons. The molecule has 1 fully saturated rings. The minimum absolute atomic E-state index is 0.343. The van der Waals surface area contributed by atoms with E-state index in [2.05, 4.69) is 18.7 Å². The number of carbonyl (C=O) groups is 1. The zero-order chi connectivity index (χ0) is 14.7. The number of rotatable bonds is 3. The van der Waals surface area contributed by atoms with Crippen molar-refractivity contribution in [3.63, 3.8) is 0 Å². The summed E-state index contributed by atoms with van der Waals surface area (Å²) in [5, 5.41) is 0. The van der Waals surface area contributed by atoms with E-state index in [-0.39, 0.29) is 5.97 Å². The lowest BCUT2D eigenvalue weighted by Crippen LogP contribution is -2.43. The molecule has 0 bridgehead atoms. The largest absolute Gasteiger partial charge is 0.462 e. The second-order valence-electron chi connectivity index (χ2n) is 5.53. The Morgan fingerprint density at radius 3 is 2.60 bits per heavy atom. The lowest BCUT2D eigenvalue weighted by molar-refractivity contribution is 0.0527. The molecule has 1 saturated heterocycles. The van der Waals surface area contributed by atoms with Crippen LogP contribution >= 0.6 is 0 Å². The third kappa shape index (κ3) is 2.89. The van der Waals surface area contributed by atoms with Crippen LogP contribution in [-0.4, -0.2) is 24.7 Å². The van der Waals surface area contributed by atoms with Gasteiger partial charge in [-0.25, -0.2) is 4.79 Å². The van der Waals surface area contributed by atoms with Crippen molar-refractivity contribution >= 4 is 17.3 Å². The first kappa shape index (κ1) is 14.7. The van der Waals surface area contributed by atoms with E-state index in [1.807, 2.05) is 12.1 Å². The summed E-state index contributed by atoms with van der Waals surface area (Å²) in [4.78, 5) is 14.3. The molecule has 4 nitrogen and oxygen atoms in total. The Bertz CT molecular complexity index is 477. The van der Waals surface area contributed by atoms with Crippen LogP contribution in [0.1, 0.15) is 50.4 Å². The molecule has 0 amide bonds. The summed E-state index contributed by atoms with van der Waals surface area (Å²) in [6.07, 6.45) is 3.63. The first-order chi connectivity index (χ1) is 9.54. The Balaban J connectivity index is 2.32. The summed E-state index contributed by atoms with van der Waals surface area (Å²) in [6.45, 7) is 6.62. The van der Waals surface area contributed by atoms with Gasteiger partial charge in [-0.05, 0) is 58.2 Å². The predicted octanol–water partition coefficient (Wildman–Crippen LogP) is 3.21. The second kappa shape index (κ2) is 6.16. The molecule has 2 rings (SSSR count). The standard InChI is InChI=1S/C16H24N2O2/c1-4-20-16(19)14-10-13(8-9-15(14)17)18-11(2)6-5-7-12(18)3/h8-12H,4-7,17H2,1-3H3/t11-,12+. The number of anilines is 2. The molecule has 0 aliphatic carbocycles. The number of piperidine rings is 1. The van der Waals surface area contributed by atoms with E-state index in [9.17, 15) is 4.79 Å². The number of esters is 1. The van der Waals surface area contributed by atoms with E-state index in [1.165, 1.54) is 19.3 Å². The van der Waals surface area contributed by atoms with E-state index >= 15 is 0 Å². The number of hydrogen-bond acceptors (Lipinski definition) is 4. The molecule has 0 radical (unpaired) electrons. The van der Waals surface area contributed by atoms with Crippen LogP contribution in [0.25, 0.3) is 0 Å². The van der Waals surface area contributed by atoms with Crippen molar-refractivity contribution in [3.8, 4) is 0 Å². The fourth-order valence-electron chi connectivity index (χ4n) is 3.02. The molecule has 0 aromatic heterocycles. The van der Waals surface area contributed by atoms with E-state index in [4.69, 9.17) is 10.5 Å². The van der Waals surface area contributed by atoms with Gasteiger partial charge in [0.25, 0.3) is 0 Å². The first-order valence-electron chi connectivity index (χ1n) is 7.39. The summed E-state index contributed by atoms with van der Waals surface area (Å²) in [5.74, 6) is -0.343. The lowest BCUT2D eigenvalue weighted by atomic mass is 9.96.